The van der Waals surface area contributed by atoms with Crippen LogP contribution in [0.2, 0.25) is 0 Å². The summed E-state index contributed by atoms with van der Waals surface area (Å²) in [5, 5.41) is 9.16. The van der Waals surface area contributed by atoms with Crippen LogP contribution in [0, 0.1) is 0 Å². The van der Waals surface area contributed by atoms with Crippen molar-refractivity contribution in [1.82, 2.24) is 0 Å². The predicted molar refractivity (Wildman–Crippen MR) is 69.1 cm³/mol. The van der Waals surface area contributed by atoms with Gasteiger partial charge in [-0.2, -0.15) is 0 Å². The van der Waals surface area contributed by atoms with Gasteiger partial charge >= 0.3 is 0 Å². The standard InChI is InChI=1S/C13H13NO2S/c14-12-3-1-2-4-13(12)17(16)9-10-5-7-11(15)8-6-10/h1-8,15H,9,14H2. The molecule has 0 bridgehead atoms. The van der Waals surface area contributed by atoms with Crippen molar-refractivity contribution in [1.29, 1.82) is 0 Å². The molecule has 3 nitrogen and oxygen atoms in total. The Kier molecular flexibility index (Phi) is 3.44. The summed E-state index contributed by atoms with van der Waals surface area (Å²) in [6, 6.07) is 13.8. The number of para-hydroxylation sites is 1. The lowest BCUT2D eigenvalue weighted by molar-refractivity contribution is 0.475. The van der Waals surface area contributed by atoms with Gasteiger partial charge in [0.1, 0.15) is 5.75 Å². The average Bonchev–Trinajstić information content (AvgIpc) is 2.32. The summed E-state index contributed by atoms with van der Waals surface area (Å²) >= 11 is 0. The summed E-state index contributed by atoms with van der Waals surface area (Å²) in [4.78, 5) is 0.653. The molecule has 0 aliphatic carbocycles. The van der Waals surface area contributed by atoms with Crippen molar-refractivity contribution >= 4 is 16.5 Å². The Balaban J connectivity index is 2.17. The summed E-state index contributed by atoms with van der Waals surface area (Å²) in [6.45, 7) is 0. The lowest BCUT2D eigenvalue weighted by atomic mass is 10.2. The minimum Gasteiger partial charge on any atom is -0.508 e. The van der Waals surface area contributed by atoms with Gasteiger partial charge in [0.2, 0.25) is 0 Å². The van der Waals surface area contributed by atoms with E-state index in [0.29, 0.717) is 16.3 Å². The maximum atomic E-state index is 12.1. The van der Waals surface area contributed by atoms with E-state index in [9.17, 15) is 4.21 Å². The molecule has 1 unspecified atom stereocenters. The number of anilines is 1. The highest BCUT2D eigenvalue weighted by Gasteiger charge is 2.08. The smallest absolute Gasteiger partial charge is 0.115 e. The summed E-state index contributed by atoms with van der Waals surface area (Å²) < 4.78 is 12.1. The predicted octanol–water partition coefficient (Wildman–Crippen LogP) is 2.28. The Morgan fingerprint density at radius 3 is 2.35 bits per heavy atom. The average molecular weight is 247 g/mol. The van der Waals surface area contributed by atoms with E-state index in [1.54, 1.807) is 36.4 Å². The van der Waals surface area contributed by atoms with Crippen LogP contribution < -0.4 is 5.73 Å². The van der Waals surface area contributed by atoms with Crippen molar-refractivity contribution in [2.24, 2.45) is 0 Å². The number of nitrogens with two attached hydrogens (primary N) is 1. The van der Waals surface area contributed by atoms with Crippen LogP contribution in [0.1, 0.15) is 5.56 Å². The van der Waals surface area contributed by atoms with Gasteiger partial charge in [0.15, 0.2) is 0 Å². The number of hydrogen-bond acceptors (Lipinski definition) is 3. The zero-order valence-electron chi connectivity index (χ0n) is 9.17. The van der Waals surface area contributed by atoms with Gasteiger partial charge in [0, 0.05) is 5.69 Å². The highest BCUT2D eigenvalue weighted by molar-refractivity contribution is 7.84. The van der Waals surface area contributed by atoms with E-state index in [0.717, 1.165) is 5.56 Å². The molecule has 88 valence electrons. The van der Waals surface area contributed by atoms with Crippen molar-refractivity contribution in [3.05, 3.63) is 54.1 Å². The molecule has 2 aromatic rings. The van der Waals surface area contributed by atoms with E-state index in [-0.39, 0.29) is 5.75 Å². The molecule has 0 aliphatic heterocycles. The van der Waals surface area contributed by atoms with Gasteiger partial charge in [-0.1, -0.05) is 24.3 Å². The fourth-order valence-corrected chi connectivity index (χ4v) is 2.72. The van der Waals surface area contributed by atoms with E-state index in [4.69, 9.17) is 10.8 Å². The van der Waals surface area contributed by atoms with E-state index in [1.165, 1.54) is 0 Å². The molecule has 0 saturated carbocycles. The van der Waals surface area contributed by atoms with Gasteiger partial charge in [-0.25, -0.2) is 0 Å². The molecule has 0 aromatic heterocycles. The van der Waals surface area contributed by atoms with Gasteiger partial charge in [-0.15, -0.1) is 0 Å². The maximum absolute atomic E-state index is 12.1. The SMILES string of the molecule is Nc1ccccc1S(=O)Cc1ccc(O)cc1. The first-order valence-corrected chi connectivity index (χ1v) is 6.49. The van der Waals surface area contributed by atoms with Crippen molar-refractivity contribution in [3.63, 3.8) is 0 Å². The normalized spacial score (nSPS) is 12.2. The molecule has 0 saturated heterocycles. The molecule has 0 heterocycles. The summed E-state index contributed by atoms with van der Waals surface area (Å²) in [7, 11) is -1.16. The first-order valence-electron chi connectivity index (χ1n) is 5.17. The van der Waals surface area contributed by atoms with Crippen molar-refractivity contribution in [2.45, 2.75) is 10.6 Å². The number of rotatable bonds is 3. The summed E-state index contributed by atoms with van der Waals surface area (Å²) in [6.07, 6.45) is 0. The zero-order valence-corrected chi connectivity index (χ0v) is 9.98. The molecule has 0 radical (unpaired) electrons. The molecule has 0 aliphatic rings. The lowest BCUT2D eigenvalue weighted by Crippen LogP contribution is -2.00. The fourth-order valence-electron chi connectivity index (χ4n) is 1.51. The van der Waals surface area contributed by atoms with Crippen LogP contribution in [-0.2, 0) is 16.6 Å². The van der Waals surface area contributed by atoms with Gasteiger partial charge in [0.05, 0.1) is 21.4 Å². The third-order valence-corrected chi connectivity index (χ3v) is 3.86. The Morgan fingerprint density at radius 1 is 1.06 bits per heavy atom. The Morgan fingerprint density at radius 2 is 1.71 bits per heavy atom. The van der Waals surface area contributed by atoms with Gasteiger partial charge in [-0.3, -0.25) is 4.21 Å². The molecular formula is C13H13NO2S. The van der Waals surface area contributed by atoms with E-state index in [1.807, 2.05) is 12.1 Å². The van der Waals surface area contributed by atoms with Gasteiger partial charge in [-0.05, 0) is 29.8 Å². The van der Waals surface area contributed by atoms with Gasteiger partial charge in [0.25, 0.3) is 0 Å². The number of benzene rings is 2. The first kappa shape index (κ1) is 11.7. The van der Waals surface area contributed by atoms with Crippen LogP contribution in [0.25, 0.3) is 0 Å². The van der Waals surface area contributed by atoms with E-state index >= 15 is 0 Å². The van der Waals surface area contributed by atoms with E-state index in [2.05, 4.69) is 0 Å². The van der Waals surface area contributed by atoms with Crippen LogP contribution in [0.3, 0.4) is 0 Å². The molecule has 2 aromatic carbocycles. The number of phenolic OH excluding ortho intramolecular Hbond substituents is 1. The molecular weight excluding hydrogens is 234 g/mol. The third-order valence-electron chi connectivity index (χ3n) is 2.40. The Hall–Kier alpha value is -1.81. The summed E-state index contributed by atoms with van der Waals surface area (Å²) in [5.41, 5.74) is 7.22. The highest BCUT2D eigenvalue weighted by Crippen LogP contribution is 2.19. The molecule has 17 heavy (non-hydrogen) atoms. The molecule has 4 heteroatoms. The number of phenols is 1. The van der Waals surface area contributed by atoms with E-state index < -0.39 is 10.8 Å². The van der Waals surface area contributed by atoms with Crippen LogP contribution in [-0.4, -0.2) is 9.32 Å². The third kappa shape index (κ3) is 2.85. The fraction of sp³-hybridized carbons (Fsp3) is 0.0769. The monoisotopic (exact) mass is 247 g/mol. The summed E-state index contributed by atoms with van der Waals surface area (Å²) in [5.74, 6) is 0.604. The second kappa shape index (κ2) is 5.01. The van der Waals surface area contributed by atoms with Crippen LogP contribution in [0.15, 0.2) is 53.4 Å². The minimum absolute atomic E-state index is 0.207. The van der Waals surface area contributed by atoms with Crippen molar-refractivity contribution < 1.29 is 9.32 Å². The minimum atomic E-state index is -1.16. The molecule has 0 amide bonds. The largest absolute Gasteiger partial charge is 0.508 e. The second-order valence-electron chi connectivity index (χ2n) is 3.69. The number of hydrogen-bond donors (Lipinski definition) is 2. The number of nitrogen functional groups attached to an aromatic ring is 1. The Bertz CT molecular complexity index is 537. The quantitative estimate of drug-likeness (QED) is 0.818. The highest BCUT2D eigenvalue weighted by atomic mass is 32.2. The zero-order chi connectivity index (χ0) is 12.3. The lowest BCUT2D eigenvalue weighted by Gasteiger charge is -2.05. The molecule has 0 spiro atoms. The molecule has 3 N–H and O–H groups in total. The number of aromatic hydroxyl groups is 1. The van der Waals surface area contributed by atoms with Crippen molar-refractivity contribution in [2.75, 3.05) is 5.73 Å². The maximum Gasteiger partial charge on any atom is 0.115 e. The Labute approximate surface area is 102 Å². The topological polar surface area (TPSA) is 63.3 Å². The second-order valence-corrected chi connectivity index (χ2v) is 5.11. The molecule has 0 fully saturated rings. The van der Waals surface area contributed by atoms with Crippen LogP contribution >= 0.6 is 0 Å². The molecule has 2 rings (SSSR count). The van der Waals surface area contributed by atoms with Crippen molar-refractivity contribution in [3.8, 4) is 5.75 Å². The molecule has 1 atom stereocenters. The van der Waals surface area contributed by atoms with Crippen LogP contribution in [0.4, 0.5) is 5.69 Å². The first-order chi connectivity index (χ1) is 8.16. The van der Waals surface area contributed by atoms with Gasteiger partial charge < -0.3 is 10.8 Å². The van der Waals surface area contributed by atoms with Crippen LogP contribution in [0.5, 0.6) is 5.75 Å².